The predicted molar refractivity (Wildman–Crippen MR) is 91.1 cm³/mol. The van der Waals surface area contributed by atoms with E-state index in [1.165, 1.54) is 5.57 Å². The molecule has 8 atom stereocenters. The summed E-state index contributed by atoms with van der Waals surface area (Å²) in [6.07, 6.45) is 13.3. The van der Waals surface area contributed by atoms with Gasteiger partial charge < -0.3 is 9.84 Å². The lowest BCUT2D eigenvalue weighted by molar-refractivity contribution is -0.115. The molecule has 3 fully saturated rings. The quantitative estimate of drug-likeness (QED) is 0.595. The standard InChI is InChI=1S/C21H26O3/c1-20-8-7-13(22)9-12(20)3-4-14-15-5-6-16(18-11-24-18)21(15,2)10-17(23)19(14)20/h5-9,14-19,23H,3-4,10-11H2,1-2H3/t14-,15-,16+,17-,18-,19+,20-,21-/m0/s1. The minimum Gasteiger partial charge on any atom is -0.393 e. The molecule has 0 aromatic carbocycles. The van der Waals surface area contributed by atoms with Crippen LogP contribution in [-0.2, 0) is 9.53 Å². The van der Waals surface area contributed by atoms with Gasteiger partial charge in [-0.2, -0.15) is 0 Å². The molecule has 0 spiro atoms. The summed E-state index contributed by atoms with van der Waals surface area (Å²) in [6, 6.07) is 0. The van der Waals surface area contributed by atoms with Crippen LogP contribution in [0.1, 0.15) is 33.1 Å². The first-order valence-corrected chi connectivity index (χ1v) is 9.36. The van der Waals surface area contributed by atoms with E-state index in [-0.39, 0.29) is 28.6 Å². The largest absolute Gasteiger partial charge is 0.393 e. The third-order valence-corrected chi connectivity index (χ3v) is 7.84. The second-order valence-electron chi connectivity index (χ2n) is 9.00. The predicted octanol–water partition coefficient (Wildman–Crippen LogP) is 3.06. The molecule has 24 heavy (non-hydrogen) atoms. The maximum Gasteiger partial charge on any atom is 0.178 e. The average molecular weight is 326 g/mol. The van der Waals surface area contributed by atoms with E-state index in [1.54, 1.807) is 6.08 Å². The number of epoxide rings is 1. The van der Waals surface area contributed by atoms with Crippen molar-refractivity contribution in [2.24, 2.45) is 34.5 Å². The Labute approximate surface area is 143 Å². The molecule has 0 unspecified atom stereocenters. The monoisotopic (exact) mass is 326 g/mol. The number of aliphatic hydroxyl groups excluding tert-OH is 1. The topological polar surface area (TPSA) is 49.8 Å². The van der Waals surface area contributed by atoms with Crippen LogP contribution in [0, 0.1) is 34.5 Å². The number of hydrogen-bond acceptors (Lipinski definition) is 3. The lowest BCUT2D eigenvalue weighted by Crippen LogP contribution is -2.56. The Morgan fingerprint density at radius 1 is 1.25 bits per heavy atom. The molecular weight excluding hydrogens is 300 g/mol. The Kier molecular flexibility index (Phi) is 2.96. The van der Waals surface area contributed by atoms with Gasteiger partial charge in [0.2, 0.25) is 0 Å². The van der Waals surface area contributed by atoms with E-state index in [0.717, 1.165) is 25.9 Å². The van der Waals surface area contributed by atoms with Crippen molar-refractivity contribution in [3.05, 3.63) is 36.0 Å². The molecule has 0 bridgehead atoms. The number of hydrogen-bond donors (Lipinski definition) is 1. The van der Waals surface area contributed by atoms with Gasteiger partial charge in [0.25, 0.3) is 0 Å². The van der Waals surface area contributed by atoms with Crippen molar-refractivity contribution in [2.45, 2.75) is 45.3 Å². The van der Waals surface area contributed by atoms with Crippen LogP contribution in [0.3, 0.4) is 0 Å². The molecule has 1 saturated heterocycles. The lowest BCUT2D eigenvalue weighted by atomic mass is 9.46. The SMILES string of the molecule is C[C@]12C[C@H](O)[C@H]3[C@@H](CCC4=CC(=O)C=C[C@@]43C)[C@@H]1C=C[C@@H]2[C@@H]1CO1. The highest BCUT2D eigenvalue weighted by atomic mass is 16.6. The van der Waals surface area contributed by atoms with Gasteiger partial charge in [0.05, 0.1) is 18.8 Å². The zero-order valence-electron chi connectivity index (χ0n) is 14.4. The zero-order chi connectivity index (χ0) is 16.7. The van der Waals surface area contributed by atoms with Gasteiger partial charge >= 0.3 is 0 Å². The van der Waals surface area contributed by atoms with Crippen molar-refractivity contribution in [3.63, 3.8) is 0 Å². The number of ketones is 1. The minimum absolute atomic E-state index is 0.0998. The summed E-state index contributed by atoms with van der Waals surface area (Å²) in [5, 5.41) is 11.2. The molecule has 1 heterocycles. The number of fused-ring (bicyclic) bond motifs is 5. The van der Waals surface area contributed by atoms with Crippen molar-refractivity contribution >= 4 is 5.78 Å². The molecular formula is C21H26O3. The Morgan fingerprint density at radius 2 is 2.00 bits per heavy atom. The van der Waals surface area contributed by atoms with Crippen LogP contribution in [-0.4, -0.2) is 29.7 Å². The normalized spacial score (nSPS) is 54.8. The second kappa shape index (κ2) is 4.70. The van der Waals surface area contributed by atoms with Gasteiger partial charge in [-0.05, 0) is 48.7 Å². The van der Waals surface area contributed by atoms with Crippen LogP contribution in [0.5, 0.6) is 0 Å². The number of carbonyl (C=O) groups is 1. The van der Waals surface area contributed by atoms with Gasteiger partial charge in [-0.15, -0.1) is 0 Å². The van der Waals surface area contributed by atoms with Crippen LogP contribution in [0.25, 0.3) is 0 Å². The Bertz CT molecular complexity index is 685. The number of carbonyl (C=O) groups excluding carboxylic acids is 1. The number of rotatable bonds is 1. The maximum absolute atomic E-state index is 11.8. The highest BCUT2D eigenvalue weighted by molar-refractivity contribution is 6.01. The van der Waals surface area contributed by atoms with Gasteiger partial charge in [-0.25, -0.2) is 0 Å². The number of aliphatic hydroxyl groups is 1. The van der Waals surface area contributed by atoms with E-state index >= 15 is 0 Å². The summed E-state index contributed by atoms with van der Waals surface area (Å²) in [6.45, 7) is 5.46. The summed E-state index contributed by atoms with van der Waals surface area (Å²) in [7, 11) is 0. The Hall–Kier alpha value is -1.19. The van der Waals surface area contributed by atoms with Gasteiger partial charge in [0.15, 0.2) is 5.78 Å². The van der Waals surface area contributed by atoms with Crippen molar-refractivity contribution in [1.29, 1.82) is 0 Å². The summed E-state index contributed by atoms with van der Waals surface area (Å²) in [5.74, 6) is 1.76. The number of allylic oxidation sites excluding steroid dienone is 5. The van der Waals surface area contributed by atoms with Crippen LogP contribution in [0.4, 0.5) is 0 Å². The van der Waals surface area contributed by atoms with E-state index in [0.29, 0.717) is 23.9 Å². The lowest BCUT2D eigenvalue weighted by Gasteiger charge is -2.58. The zero-order valence-corrected chi connectivity index (χ0v) is 14.4. The van der Waals surface area contributed by atoms with Crippen LogP contribution >= 0.6 is 0 Å². The first-order chi connectivity index (χ1) is 11.4. The van der Waals surface area contributed by atoms with E-state index in [4.69, 9.17) is 4.74 Å². The molecule has 5 aliphatic rings. The molecule has 3 heteroatoms. The summed E-state index contributed by atoms with van der Waals surface area (Å²) in [4.78, 5) is 11.8. The highest BCUT2D eigenvalue weighted by Gasteiger charge is 2.62. The molecule has 1 N–H and O–H groups in total. The molecule has 3 nitrogen and oxygen atoms in total. The van der Waals surface area contributed by atoms with E-state index in [2.05, 4.69) is 32.1 Å². The molecule has 1 aliphatic heterocycles. The van der Waals surface area contributed by atoms with Crippen LogP contribution in [0.15, 0.2) is 36.0 Å². The van der Waals surface area contributed by atoms with Crippen molar-refractivity contribution in [3.8, 4) is 0 Å². The third kappa shape index (κ3) is 1.83. The second-order valence-corrected chi connectivity index (χ2v) is 9.00. The van der Waals surface area contributed by atoms with Gasteiger partial charge in [-0.1, -0.05) is 37.6 Å². The molecule has 128 valence electrons. The summed E-state index contributed by atoms with van der Waals surface area (Å²) in [5.41, 5.74) is 1.18. The van der Waals surface area contributed by atoms with Gasteiger partial charge in [0, 0.05) is 17.3 Å². The number of ether oxygens (including phenoxy) is 1. The Balaban J connectivity index is 1.54. The molecule has 0 aromatic rings. The smallest absolute Gasteiger partial charge is 0.178 e. The molecule has 0 aromatic heterocycles. The Morgan fingerprint density at radius 3 is 2.75 bits per heavy atom. The van der Waals surface area contributed by atoms with Gasteiger partial charge in [0.1, 0.15) is 0 Å². The molecule has 2 saturated carbocycles. The first-order valence-electron chi connectivity index (χ1n) is 9.36. The van der Waals surface area contributed by atoms with E-state index < -0.39 is 0 Å². The maximum atomic E-state index is 11.8. The molecule has 0 amide bonds. The fourth-order valence-corrected chi connectivity index (χ4v) is 6.63. The highest BCUT2D eigenvalue weighted by Crippen LogP contribution is 2.65. The van der Waals surface area contributed by atoms with Crippen molar-refractivity contribution in [1.82, 2.24) is 0 Å². The van der Waals surface area contributed by atoms with Crippen molar-refractivity contribution in [2.75, 3.05) is 6.61 Å². The minimum atomic E-state index is -0.316. The molecule has 0 radical (unpaired) electrons. The average Bonchev–Trinajstić information content (AvgIpc) is 3.30. The van der Waals surface area contributed by atoms with Crippen LogP contribution in [0.2, 0.25) is 0 Å². The summed E-state index contributed by atoms with van der Waals surface area (Å²) < 4.78 is 5.60. The van der Waals surface area contributed by atoms with E-state index in [1.807, 2.05) is 6.08 Å². The third-order valence-electron chi connectivity index (χ3n) is 7.84. The fraction of sp³-hybridized carbons (Fsp3) is 0.667. The van der Waals surface area contributed by atoms with E-state index in [9.17, 15) is 9.90 Å². The van der Waals surface area contributed by atoms with Gasteiger partial charge in [-0.3, -0.25) is 4.79 Å². The molecule has 5 rings (SSSR count). The first kappa shape index (κ1) is 15.1. The van der Waals surface area contributed by atoms with Crippen LogP contribution < -0.4 is 0 Å². The van der Waals surface area contributed by atoms with Crippen molar-refractivity contribution < 1.29 is 14.6 Å². The molecule has 4 aliphatic carbocycles. The summed E-state index contributed by atoms with van der Waals surface area (Å²) >= 11 is 0. The fourth-order valence-electron chi connectivity index (χ4n) is 6.63.